The molecule has 12 heteroatoms. The monoisotopic (exact) mass is 470 g/mol. The Labute approximate surface area is 186 Å². The molecular weight excluding hydrogens is 449 g/mol. The fraction of sp³-hybridized carbons (Fsp3) is 0.238. The minimum Gasteiger partial charge on any atom is -0.481 e. The number of nitrogens with one attached hydrogen (secondary N) is 1. The van der Waals surface area contributed by atoms with E-state index in [4.69, 9.17) is 25.5 Å². The molecule has 9 nitrogen and oxygen atoms in total. The van der Waals surface area contributed by atoms with Crippen molar-refractivity contribution in [3.05, 3.63) is 65.2 Å². The quantitative estimate of drug-likeness (QED) is 0.260. The molecule has 2 aromatic carbocycles. The Hall–Kier alpha value is -3.93. The number of hydrogen-bond donors (Lipinski definition) is 4. The number of hydrogen-bond acceptors (Lipinski definition) is 6. The molecule has 0 fully saturated rings. The highest BCUT2D eigenvalue weighted by Crippen LogP contribution is 2.16. The van der Waals surface area contributed by atoms with Crippen LogP contribution in [0.5, 0.6) is 5.75 Å². The maximum atomic E-state index is 12.3. The molecule has 2 rings (SSSR count). The topological polar surface area (TPSA) is 156 Å². The molecule has 178 valence electrons. The Bertz CT molecular complexity index is 980. The Kier molecular flexibility index (Phi) is 10.5. The summed E-state index contributed by atoms with van der Waals surface area (Å²) in [6.07, 6.45) is -5.24. The lowest BCUT2D eigenvalue weighted by molar-refractivity contribution is -0.192. The molecule has 0 aliphatic carbocycles. The lowest BCUT2D eigenvalue weighted by atomic mass is 10.0. The number of para-hydroxylation sites is 1. The summed E-state index contributed by atoms with van der Waals surface area (Å²) in [5.41, 5.74) is 7.73. The van der Waals surface area contributed by atoms with Crippen LogP contribution >= 0.6 is 0 Å². The molecule has 33 heavy (non-hydrogen) atoms. The van der Waals surface area contributed by atoms with E-state index in [-0.39, 0.29) is 13.1 Å². The number of carboxylic acids is 2. The molecular formula is C21H21F3N2O7. The van der Waals surface area contributed by atoms with Crippen molar-refractivity contribution in [2.75, 3.05) is 6.54 Å². The van der Waals surface area contributed by atoms with Gasteiger partial charge in [0, 0.05) is 13.1 Å². The number of halogens is 3. The van der Waals surface area contributed by atoms with Crippen molar-refractivity contribution in [3.8, 4) is 5.75 Å². The van der Waals surface area contributed by atoms with Crippen molar-refractivity contribution >= 4 is 23.8 Å². The normalized spacial score (nSPS) is 10.4. The van der Waals surface area contributed by atoms with Crippen LogP contribution in [0.15, 0.2) is 48.5 Å². The van der Waals surface area contributed by atoms with Crippen LogP contribution in [0.1, 0.15) is 27.9 Å². The molecule has 0 spiro atoms. The summed E-state index contributed by atoms with van der Waals surface area (Å²) in [4.78, 5) is 43.0. The van der Waals surface area contributed by atoms with Crippen molar-refractivity contribution in [1.82, 2.24) is 5.32 Å². The van der Waals surface area contributed by atoms with Crippen LogP contribution in [0, 0.1) is 0 Å². The van der Waals surface area contributed by atoms with Gasteiger partial charge in [0.25, 0.3) is 0 Å². The minimum atomic E-state index is -5.08. The third kappa shape index (κ3) is 10.3. The van der Waals surface area contributed by atoms with E-state index in [2.05, 4.69) is 5.32 Å². The molecule has 0 saturated carbocycles. The van der Waals surface area contributed by atoms with Crippen molar-refractivity contribution in [2.24, 2.45) is 5.73 Å². The Morgan fingerprint density at radius 3 is 2.09 bits per heavy atom. The third-order valence-electron chi connectivity index (χ3n) is 3.89. The molecule has 0 aliphatic rings. The summed E-state index contributed by atoms with van der Waals surface area (Å²) in [6, 6.07) is 13.8. The van der Waals surface area contributed by atoms with Crippen molar-refractivity contribution < 1.29 is 47.3 Å². The highest BCUT2D eigenvalue weighted by atomic mass is 19.4. The van der Waals surface area contributed by atoms with E-state index in [0.29, 0.717) is 17.7 Å². The van der Waals surface area contributed by atoms with E-state index >= 15 is 0 Å². The number of alkyl halides is 3. The number of nitrogens with two attached hydrogens (primary N) is 1. The van der Waals surface area contributed by atoms with E-state index < -0.39 is 36.4 Å². The second-order valence-corrected chi connectivity index (χ2v) is 6.36. The van der Waals surface area contributed by atoms with Crippen LogP contribution in [0.4, 0.5) is 13.2 Å². The van der Waals surface area contributed by atoms with Gasteiger partial charge < -0.3 is 26.0 Å². The summed E-state index contributed by atoms with van der Waals surface area (Å²) < 4.78 is 37.0. The molecule has 0 heterocycles. The SMILES string of the molecule is NCc1ccc(C(=O)Oc2ccccc2)cc1CCNC(=O)CC(=O)O.O=C(O)C(F)(F)F. The molecule has 0 saturated heterocycles. The number of rotatable bonds is 8. The molecule has 1 amide bonds. The van der Waals surface area contributed by atoms with Gasteiger partial charge >= 0.3 is 24.1 Å². The van der Waals surface area contributed by atoms with Gasteiger partial charge in [0.1, 0.15) is 12.2 Å². The smallest absolute Gasteiger partial charge is 0.481 e. The van der Waals surface area contributed by atoms with Crippen LogP contribution < -0.4 is 15.8 Å². The van der Waals surface area contributed by atoms with Crippen molar-refractivity contribution in [2.45, 2.75) is 25.6 Å². The third-order valence-corrected chi connectivity index (χ3v) is 3.89. The van der Waals surface area contributed by atoms with Gasteiger partial charge in [-0.2, -0.15) is 13.2 Å². The average Bonchev–Trinajstić information content (AvgIpc) is 2.73. The van der Waals surface area contributed by atoms with E-state index in [0.717, 1.165) is 11.1 Å². The molecule has 0 atom stereocenters. The predicted octanol–water partition coefficient (Wildman–Crippen LogP) is 2.13. The maximum Gasteiger partial charge on any atom is 0.490 e. The van der Waals surface area contributed by atoms with Gasteiger partial charge in [0.2, 0.25) is 5.91 Å². The standard InChI is InChI=1S/C19H20N2O5.C2HF3O2/c20-12-15-7-6-14(19(25)26-16-4-2-1-3-5-16)10-13(15)8-9-21-17(22)11-18(23)24;3-2(4,5)1(6)7/h1-7,10H,8-9,11-12,20H2,(H,21,22)(H,23,24);(H,6,7). The fourth-order valence-corrected chi connectivity index (χ4v) is 2.38. The van der Waals surface area contributed by atoms with Gasteiger partial charge in [0.15, 0.2) is 0 Å². The van der Waals surface area contributed by atoms with Crippen LogP contribution in [0.25, 0.3) is 0 Å². The van der Waals surface area contributed by atoms with Crippen LogP contribution in [0.3, 0.4) is 0 Å². The number of carboxylic acid groups (broad SMARTS) is 2. The van der Waals surface area contributed by atoms with Crippen LogP contribution in [-0.4, -0.2) is 46.7 Å². The maximum absolute atomic E-state index is 12.3. The first kappa shape index (κ1) is 27.1. The molecule has 0 unspecified atom stereocenters. The molecule has 5 N–H and O–H groups in total. The summed E-state index contributed by atoms with van der Waals surface area (Å²) >= 11 is 0. The van der Waals surface area contributed by atoms with Gasteiger partial charge in [-0.05, 0) is 41.8 Å². The van der Waals surface area contributed by atoms with Gasteiger partial charge in [-0.25, -0.2) is 9.59 Å². The summed E-state index contributed by atoms with van der Waals surface area (Å²) in [5, 5.41) is 18.2. The number of carbonyl (C=O) groups is 4. The van der Waals surface area contributed by atoms with E-state index in [1.54, 1.807) is 42.5 Å². The van der Waals surface area contributed by atoms with E-state index in [1.807, 2.05) is 6.07 Å². The van der Waals surface area contributed by atoms with Crippen molar-refractivity contribution in [3.63, 3.8) is 0 Å². The van der Waals surface area contributed by atoms with E-state index in [1.165, 1.54) is 0 Å². The second-order valence-electron chi connectivity index (χ2n) is 6.36. The first-order chi connectivity index (χ1) is 15.4. The number of benzene rings is 2. The van der Waals surface area contributed by atoms with Crippen LogP contribution in [0.2, 0.25) is 0 Å². The number of amides is 1. The first-order valence-corrected chi connectivity index (χ1v) is 9.31. The number of aliphatic carboxylic acids is 2. The second kappa shape index (κ2) is 12.8. The van der Waals surface area contributed by atoms with Gasteiger partial charge in [-0.1, -0.05) is 24.3 Å². The van der Waals surface area contributed by atoms with Crippen molar-refractivity contribution in [1.29, 1.82) is 0 Å². The fourth-order valence-electron chi connectivity index (χ4n) is 2.38. The molecule has 0 radical (unpaired) electrons. The molecule has 0 aromatic heterocycles. The zero-order chi connectivity index (χ0) is 25.0. The summed E-state index contributed by atoms with van der Waals surface area (Å²) in [7, 11) is 0. The summed E-state index contributed by atoms with van der Waals surface area (Å²) in [5.74, 6) is -4.55. The largest absolute Gasteiger partial charge is 0.490 e. The minimum absolute atomic E-state index is 0.246. The Morgan fingerprint density at radius 2 is 1.58 bits per heavy atom. The first-order valence-electron chi connectivity index (χ1n) is 9.31. The van der Waals surface area contributed by atoms with Gasteiger partial charge in [0.05, 0.1) is 5.56 Å². The zero-order valence-electron chi connectivity index (χ0n) is 17.1. The molecule has 2 aromatic rings. The van der Waals surface area contributed by atoms with Gasteiger partial charge in [-0.3, -0.25) is 9.59 Å². The van der Waals surface area contributed by atoms with Gasteiger partial charge in [-0.15, -0.1) is 0 Å². The lowest BCUT2D eigenvalue weighted by Crippen LogP contribution is -2.28. The van der Waals surface area contributed by atoms with E-state index in [9.17, 15) is 27.6 Å². The molecule has 0 aliphatic heterocycles. The Balaban J connectivity index is 0.000000675. The summed E-state index contributed by atoms with van der Waals surface area (Å²) in [6.45, 7) is 0.530. The number of esters is 1. The highest BCUT2D eigenvalue weighted by Gasteiger charge is 2.38. The highest BCUT2D eigenvalue weighted by molar-refractivity contribution is 5.93. The lowest BCUT2D eigenvalue weighted by Gasteiger charge is -2.11. The zero-order valence-corrected chi connectivity index (χ0v) is 17.1. The number of ether oxygens (including phenoxy) is 1. The van der Waals surface area contributed by atoms with Crippen LogP contribution in [-0.2, 0) is 27.3 Å². The molecule has 0 bridgehead atoms. The Morgan fingerprint density at radius 1 is 0.970 bits per heavy atom. The number of carbonyl (C=O) groups excluding carboxylic acids is 2. The predicted molar refractivity (Wildman–Crippen MR) is 108 cm³/mol. The average molecular weight is 470 g/mol.